The first-order valence-corrected chi connectivity index (χ1v) is 14.5. The van der Waals surface area contributed by atoms with E-state index >= 15 is 0 Å². The van der Waals surface area contributed by atoms with E-state index in [1.54, 1.807) is 47.4 Å². The van der Waals surface area contributed by atoms with E-state index in [-0.39, 0.29) is 24.0 Å². The highest BCUT2D eigenvalue weighted by Gasteiger charge is 2.37. The molecule has 5 rings (SSSR count). The van der Waals surface area contributed by atoms with Crippen LogP contribution < -0.4 is 14.4 Å². The highest BCUT2D eigenvalue weighted by Crippen LogP contribution is 2.35. The summed E-state index contributed by atoms with van der Waals surface area (Å²) in [7, 11) is 1.51. The largest absolute Gasteiger partial charge is 0.493 e. The average Bonchev–Trinajstić information content (AvgIpc) is 3.24. The van der Waals surface area contributed by atoms with Crippen LogP contribution >= 0.6 is 35.0 Å². The Morgan fingerprint density at radius 3 is 2.41 bits per heavy atom. The molecule has 8 nitrogen and oxygen atoms in total. The van der Waals surface area contributed by atoms with Crippen molar-refractivity contribution in [1.29, 1.82) is 0 Å². The Morgan fingerprint density at radius 1 is 0.951 bits per heavy atom. The lowest BCUT2D eigenvalue weighted by atomic mass is 10.1. The lowest BCUT2D eigenvalue weighted by Gasteiger charge is -2.36. The third-order valence-corrected chi connectivity index (χ3v) is 8.30. The van der Waals surface area contributed by atoms with Crippen LogP contribution in [0.25, 0.3) is 6.08 Å². The van der Waals surface area contributed by atoms with Gasteiger partial charge in [0.15, 0.2) is 11.5 Å². The van der Waals surface area contributed by atoms with Gasteiger partial charge in [0, 0.05) is 47.5 Å². The molecule has 0 unspecified atom stereocenters. The fourth-order valence-electron chi connectivity index (χ4n) is 4.56. The molecule has 212 valence electrons. The molecular formula is C30H27Cl2N3O5S. The maximum atomic E-state index is 13.1. The second kappa shape index (κ2) is 12.9. The van der Waals surface area contributed by atoms with Gasteiger partial charge >= 0.3 is 0 Å². The topological polar surface area (TPSA) is 79.4 Å². The smallest absolute Gasteiger partial charge is 0.294 e. The number of amides is 3. The number of hydrogen-bond acceptors (Lipinski definition) is 7. The number of ether oxygens (including phenoxy) is 2. The van der Waals surface area contributed by atoms with Gasteiger partial charge in [-0.2, -0.15) is 0 Å². The number of piperazine rings is 1. The van der Waals surface area contributed by atoms with E-state index in [2.05, 4.69) is 4.90 Å². The van der Waals surface area contributed by atoms with Gasteiger partial charge in [0.25, 0.3) is 11.1 Å². The van der Waals surface area contributed by atoms with Crippen molar-refractivity contribution >= 4 is 63.8 Å². The number of carbonyl (C=O) groups excluding carboxylic acids is 3. The van der Waals surface area contributed by atoms with Crippen molar-refractivity contribution in [2.45, 2.75) is 6.61 Å². The van der Waals surface area contributed by atoms with Crippen LogP contribution in [0.1, 0.15) is 11.1 Å². The van der Waals surface area contributed by atoms with Crippen LogP contribution in [0.2, 0.25) is 10.0 Å². The van der Waals surface area contributed by atoms with E-state index in [1.165, 1.54) is 7.11 Å². The number of methoxy groups -OCH3 is 1. The molecule has 0 aliphatic carbocycles. The molecule has 11 heteroatoms. The van der Waals surface area contributed by atoms with E-state index < -0.39 is 11.1 Å². The number of thioether (sulfide) groups is 1. The van der Waals surface area contributed by atoms with Crippen LogP contribution in [0.5, 0.6) is 11.5 Å². The molecule has 0 saturated carbocycles. The Bertz CT molecular complexity index is 1490. The molecular weight excluding hydrogens is 585 g/mol. The highest BCUT2D eigenvalue weighted by atomic mass is 35.5. The Hall–Kier alpha value is -3.66. The molecule has 3 aromatic rings. The Morgan fingerprint density at radius 2 is 1.71 bits per heavy atom. The third kappa shape index (κ3) is 6.81. The first-order valence-electron chi connectivity index (χ1n) is 12.9. The summed E-state index contributed by atoms with van der Waals surface area (Å²) >= 11 is 13.0. The number of nitrogens with zero attached hydrogens (tertiary/aromatic N) is 3. The summed E-state index contributed by atoms with van der Waals surface area (Å²) in [6, 6.07) is 20.4. The summed E-state index contributed by atoms with van der Waals surface area (Å²) in [5.41, 5.74) is 2.52. The first-order chi connectivity index (χ1) is 19.8. The number of para-hydroxylation sites is 1. The van der Waals surface area contributed by atoms with Gasteiger partial charge in [-0.15, -0.1) is 0 Å². The monoisotopic (exact) mass is 611 g/mol. The highest BCUT2D eigenvalue weighted by molar-refractivity contribution is 8.18. The predicted octanol–water partition coefficient (Wildman–Crippen LogP) is 5.97. The SMILES string of the molecule is COc1cc(/C=C2/SC(=O)N(CC(=O)N3CCN(c4ccccc4)CC3)C2=O)ccc1OCc1ccc(Cl)cc1Cl. The fraction of sp³-hybridized carbons (Fsp3) is 0.233. The van der Waals surface area contributed by atoms with Gasteiger partial charge in [0.2, 0.25) is 5.91 Å². The molecule has 2 aliphatic heterocycles. The summed E-state index contributed by atoms with van der Waals surface area (Å²) in [5, 5.41) is 0.567. The Kier molecular flexibility index (Phi) is 9.07. The van der Waals surface area contributed by atoms with Gasteiger partial charge in [0.05, 0.1) is 12.0 Å². The van der Waals surface area contributed by atoms with Crippen LogP contribution in [0, 0.1) is 0 Å². The molecule has 0 radical (unpaired) electrons. The average molecular weight is 613 g/mol. The first kappa shape index (κ1) is 28.9. The number of benzene rings is 3. The quantitative estimate of drug-likeness (QED) is 0.290. The molecule has 0 spiro atoms. The molecule has 0 aromatic heterocycles. The van der Waals surface area contributed by atoms with E-state index in [1.807, 2.05) is 30.3 Å². The molecule has 2 aliphatic rings. The lowest BCUT2D eigenvalue weighted by Crippen LogP contribution is -2.51. The van der Waals surface area contributed by atoms with Crippen LogP contribution in [0.15, 0.2) is 71.6 Å². The Balaban J connectivity index is 1.20. The summed E-state index contributed by atoms with van der Waals surface area (Å²) in [6.45, 7) is 2.35. The van der Waals surface area contributed by atoms with Crippen LogP contribution in [-0.2, 0) is 16.2 Å². The zero-order valence-electron chi connectivity index (χ0n) is 22.2. The van der Waals surface area contributed by atoms with E-state index in [0.29, 0.717) is 53.3 Å². The van der Waals surface area contributed by atoms with E-state index in [4.69, 9.17) is 32.7 Å². The molecule has 2 fully saturated rings. The summed E-state index contributed by atoms with van der Waals surface area (Å²) in [6.07, 6.45) is 1.61. The van der Waals surface area contributed by atoms with Crippen LogP contribution in [0.4, 0.5) is 10.5 Å². The van der Waals surface area contributed by atoms with Crippen molar-refractivity contribution in [2.24, 2.45) is 0 Å². The number of halogens is 2. The van der Waals surface area contributed by atoms with Gasteiger partial charge in [-0.1, -0.05) is 53.5 Å². The van der Waals surface area contributed by atoms with Crippen LogP contribution in [-0.4, -0.2) is 66.7 Å². The number of anilines is 1. The van der Waals surface area contributed by atoms with Crippen molar-refractivity contribution < 1.29 is 23.9 Å². The molecule has 3 aromatic carbocycles. The fourth-order valence-corrected chi connectivity index (χ4v) is 5.86. The lowest BCUT2D eigenvalue weighted by molar-refractivity contribution is -0.136. The summed E-state index contributed by atoms with van der Waals surface area (Å²) in [4.78, 5) is 43.9. The van der Waals surface area contributed by atoms with Gasteiger partial charge in [0.1, 0.15) is 13.2 Å². The van der Waals surface area contributed by atoms with E-state index in [9.17, 15) is 14.4 Å². The van der Waals surface area contributed by atoms with Gasteiger partial charge in [-0.05, 0) is 59.8 Å². The second-order valence-corrected chi connectivity index (χ2v) is 11.2. The van der Waals surface area contributed by atoms with Crippen molar-refractivity contribution in [2.75, 3.05) is 44.7 Å². The Labute approximate surface area is 252 Å². The molecule has 0 N–H and O–H groups in total. The van der Waals surface area contributed by atoms with Crippen molar-refractivity contribution in [3.05, 3.63) is 92.8 Å². The maximum Gasteiger partial charge on any atom is 0.294 e. The molecule has 0 bridgehead atoms. The maximum absolute atomic E-state index is 13.1. The predicted molar refractivity (Wildman–Crippen MR) is 162 cm³/mol. The second-order valence-electron chi connectivity index (χ2n) is 9.41. The number of hydrogen-bond donors (Lipinski definition) is 0. The van der Waals surface area contributed by atoms with Crippen molar-refractivity contribution in [1.82, 2.24) is 9.80 Å². The number of carbonyl (C=O) groups is 3. The summed E-state index contributed by atoms with van der Waals surface area (Å²) < 4.78 is 11.4. The zero-order valence-corrected chi connectivity index (χ0v) is 24.5. The molecule has 41 heavy (non-hydrogen) atoms. The van der Waals surface area contributed by atoms with Crippen molar-refractivity contribution in [3.63, 3.8) is 0 Å². The van der Waals surface area contributed by atoms with Crippen LogP contribution in [0.3, 0.4) is 0 Å². The number of rotatable bonds is 8. The minimum atomic E-state index is -0.493. The molecule has 3 amide bonds. The minimum Gasteiger partial charge on any atom is -0.493 e. The van der Waals surface area contributed by atoms with Crippen molar-refractivity contribution in [3.8, 4) is 11.5 Å². The zero-order chi connectivity index (χ0) is 28.9. The molecule has 2 saturated heterocycles. The number of imide groups is 1. The molecule has 0 atom stereocenters. The van der Waals surface area contributed by atoms with Gasteiger partial charge in [-0.3, -0.25) is 19.3 Å². The third-order valence-electron chi connectivity index (χ3n) is 6.80. The standard InChI is InChI=1S/C30H27Cl2N3O5S/c1-39-26-15-20(7-10-25(26)40-19-21-8-9-22(31)17-24(21)32)16-27-29(37)35(30(38)41-27)18-28(36)34-13-11-33(12-14-34)23-5-3-2-4-6-23/h2-10,15-17H,11-14,18-19H2,1H3/b27-16+. The normalized spacial score (nSPS) is 16.5. The molecule has 2 heterocycles. The van der Waals surface area contributed by atoms with Gasteiger partial charge in [-0.25, -0.2) is 0 Å². The van der Waals surface area contributed by atoms with Gasteiger partial charge < -0.3 is 19.3 Å². The van der Waals surface area contributed by atoms with E-state index in [0.717, 1.165) is 27.9 Å². The summed E-state index contributed by atoms with van der Waals surface area (Å²) in [5.74, 6) is 0.202. The minimum absolute atomic E-state index is 0.208.